The number of amides is 1. The number of rotatable bonds is 4. The lowest BCUT2D eigenvalue weighted by Crippen LogP contribution is -2.20. The molecule has 0 atom stereocenters. The molecule has 3 rings (SSSR count). The highest BCUT2D eigenvalue weighted by Crippen LogP contribution is 2.23. The molecule has 0 aliphatic heterocycles. The second-order valence-corrected chi connectivity index (χ2v) is 5.54. The standard InChI is InChI=1S/C19H18N2O2/c1-13-9-14(2)11-15(10-13)21-19(22)12-23-18-7-8-20-17-6-4-3-5-16(17)18/h3-11H,12H2,1-2H3,(H,21,22). The zero-order chi connectivity index (χ0) is 16.2. The summed E-state index contributed by atoms with van der Waals surface area (Å²) in [5.74, 6) is 0.474. The Morgan fingerprint density at radius 3 is 2.61 bits per heavy atom. The van der Waals surface area contributed by atoms with Crippen molar-refractivity contribution in [3.8, 4) is 5.75 Å². The molecular weight excluding hydrogens is 288 g/mol. The first-order valence-electron chi connectivity index (χ1n) is 7.46. The van der Waals surface area contributed by atoms with Gasteiger partial charge in [-0.2, -0.15) is 0 Å². The fourth-order valence-corrected chi connectivity index (χ4v) is 2.58. The van der Waals surface area contributed by atoms with Crippen LogP contribution in [-0.2, 0) is 4.79 Å². The van der Waals surface area contributed by atoms with Gasteiger partial charge < -0.3 is 10.1 Å². The molecule has 1 aromatic heterocycles. The Morgan fingerprint density at radius 1 is 1.09 bits per heavy atom. The summed E-state index contributed by atoms with van der Waals surface area (Å²) >= 11 is 0. The van der Waals surface area contributed by atoms with Crippen LogP contribution in [0.5, 0.6) is 5.75 Å². The van der Waals surface area contributed by atoms with Crippen molar-refractivity contribution in [3.05, 3.63) is 65.9 Å². The molecule has 0 radical (unpaired) electrons. The number of fused-ring (bicyclic) bond motifs is 1. The van der Waals surface area contributed by atoms with E-state index >= 15 is 0 Å². The maximum Gasteiger partial charge on any atom is 0.262 e. The largest absolute Gasteiger partial charge is 0.483 e. The van der Waals surface area contributed by atoms with Gasteiger partial charge in [0.25, 0.3) is 5.91 Å². The average Bonchev–Trinajstić information content (AvgIpc) is 2.52. The van der Waals surface area contributed by atoms with Gasteiger partial charge >= 0.3 is 0 Å². The van der Waals surface area contributed by atoms with Crippen molar-refractivity contribution in [1.82, 2.24) is 4.98 Å². The van der Waals surface area contributed by atoms with Gasteiger partial charge in [0, 0.05) is 17.3 Å². The molecule has 2 aromatic carbocycles. The van der Waals surface area contributed by atoms with Gasteiger partial charge in [-0.05, 0) is 55.3 Å². The number of carbonyl (C=O) groups is 1. The Bertz CT molecular complexity index is 833. The molecular formula is C19H18N2O2. The number of aryl methyl sites for hydroxylation is 2. The van der Waals surface area contributed by atoms with E-state index in [1.807, 2.05) is 50.2 Å². The molecule has 4 nitrogen and oxygen atoms in total. The van der Waals surface area contributed by atoms with Crippen LogP contribution in [0.25, 0.3) is 10.9 Å². The Kier molecular flexibility index (Phi) is 4.24. The van der Waals surface area contributed by atoms with Crippen molar-refractivity contribution >= 4 is 22.5 Å². The highest BCUT2D eigenvalue weighted by Gasteiger charge is 2.07. The van der Waals surface area contributed by atoms with Crippen LogP contribution in [-0.4, -0.2) is 17.5 Å². The van der Waals surface area contributed by atoms with Crippen LogP contribution in [0.2, 0.25) is 0 Å². The smallest absolute Gasteiger partial charge is 0.262 e. The number of nitrogens with zero attached hydrogens (tertiary/aromatic N) is 1. The van der Waals surface area contributed by atoms with E-state index in [1.54, 1.807) is 12.3 Å². The first kappa shape index (κ1) is 15.0. The third kappa shape index (κ3) is 3.66. The molecule has 1 heterocycles. The van der Waals surface area contributed by atoms with Gasteiger partial charge in [-0.1, -0.05) is 18.2 Å². The van der Waals surface area contributed by atoms with E-state index in [-0.39, 0.29) is 12.5 Å². The first-order valence-corrected chi connectivity index (χ1v) is 7.46. The predicted molar refractivity (Wildman–Crippen MR) is 91.8 cm³/mol. The lowest BCUT2D eigenvalue weighted by atomic mass is 10.1. The van der Waals surface area contributed by atoms with Crippen molar-refractivity contribution in [2.45, 2.75) is 13.8 Å². The van der Waals surface area contributed by atoms with E-state index in [0.29, 0.717) is 5.75 Å². The quantitative estimate of drug-likeness (QED) is 0.796. The number of benzene rings is 2. The van der Waals surface area contributed by atoms with Crippen LogP contribution in [0.15, 0.2) is 54.7 Å². The lowest BCUT2D eigenvalue weighted by molar-refractivity contribution is -0.118. The van der Waals surface area contributed by atoms with Gasteiger partial charge in [-0.3, -0.25) is 9.78 Å². The molecule has 0 bridgehead atoms. The van der Waals surface area contributed by atoms with Gasteiger partial charge in [0.15, 0.2) is 6.61 Å². The number of anilines is 1. The molecule has 4 heteroatoms. The molecule has 0 fully saturated rings. The zero-order valence-corrected chi connectivity index (χ0v) is 13.2. The molecule has 1 amide bonds. The van der Waals surface area contributed by atoms with Gasteiger partial charge in [0.05, 0.1) is 5.52 Å². The third-order valence-electron chi connectivity index (χ3n) is 3.47. The zero-order valence-electron chi connectivity index (χ0n) is 13.2. The molecule has 0 aliphatic rings. The average molecular weight is 306 g/mol. The van der Waals surface area contributed by atoms with Crippen molar-refractivity contribution in [1.29, 1.82) is 0 Å². The minimum absolute atomic E-state index is 0.0407. The van der Waals surface area contributed by atoms with E-state index in [0.717, 1.165) is 27.7 Å². The highest BCUT2D eigenvalue weighted by molar-refractivity contribution is 5.92. The molecule has 0 aliphatic carbocycles. The van der Waals surface area contributed by atoms with Gasteiger partial charge in [0.1, 0.15) is 5.75 Å². The summed E-state index contributed by atoms with van der Waals surface area (Å²) in [6.45, 7) is 3.96. The van der Waals surface area contributed by atoms with E-state index in [4.69, 9.17) is 4.74 Å². The molecule has 23 heavy (non-hydrogen) atoms. The SMILES string of the molecule is Cc1cc(C)cc(NC(=O)COc2ccnc3ccccc23)c1. The first-order chi connectivity index (χ1) is 11.1. The minimum atomic E-state index is -0.184. The summed E-state index contributed by atoms with van der Waals surface area (Å²) in [5, 5.41) is 3.76. The summed E-state index contributed by atoms with van der Waals surface area (Å²) in [6, 6.07) is 15.4. The van der Waals surface area contributed by atoms with Crippen LogP contribution < -0.4 is 10.1 Å². The molecule has 0 saturated heterocycles. The summed E-state index contributed by atoms with van der Waals surface area (Å²) in [5.41, 5.74) is 3.86. The van der Waals surface area contributed by atoms with Crippen molar-refractivity contribution in [2.75, 3.05) is 11.9 Å². The number of carbonyl (C=O) groups excluding carboxylic acids is 1. The lowest BCUT2D eigenvalue weighted by Gasteiger charge is -2.10. The van der Waals surface area contributed by atoms with Crippen LogP contribution in [0, 0.1) is 13.8 Å². The monoisotopic (exact) mass is 306 g/mol. The van der Waals surface area contributed by atoms with E-state index in [1.165, 1.54) is 0 Å². The normalized spacial score (nSPS) is 10.5. The van der Waals surface area contributed by atoms with Crippen LogP contribution in [0.4, 0.5) is 5.69 Å². The summed E-state index contributed by atoms with van der Waals surface area (Å²) < 4.78 is 5.66. The number of ether oxygens (including phenoxy) is 1. The fraction of sp³-hybridized carbons (Fsp3) is 0.158. The summed E-state index contributed by atoms with van der Waals surface area (Å²) in [7, 11) is 0. The fourth-order valence-electron chi connectivity index (χ4n) is 2.58. The third-order valence-corrected chi connectivity index (χ3v) is 3.47. The Balaban J connectivity index is 1.68. The summed E-state index contributed by atoms with van der Waals surface area (Å²) in [4.78, 5) is 16.4. The Labute approximate surface area is 135 Å². The van der Waals surface area contributed by atoms with E-state index in [9.17, 15) is 4.79 Å². The minimum Gasteiger partial charge on any atom is -0.483 e. The van der Waals surface area contributed by atoms with Crippen LogP contribution in [0.3, 0.4) is 0 Å². The topological polar surface area (TPSA) is 51.2 Å². The van der Waals surface area contributed by atoms with Crippen molar-refractivity contribution < 1.29 is 9.53 Å². The van der Waals surface area contributed by atoms with Crippen molar-refractivity contribution in [3.63, 3.8) is 0 Å². The van der Waals surface area contributed by atoms with Crippen LogP contribution in [0.1, 0.15) is 11.1 Å². The van der Waals surface area contributed by atoms with Gasteiger partial charge in [0.2, 0.25) is 0 Å². The highest BCUT2D eigenvalue weighted by atomic mass is 16.5. The Hall–Kier alpha value is -2.88. The molecule has 0 spiro atoms. The number of hydrogen-bond acceptors (Lipinski definition) is 3. The van der Waals surface area contributed by atoms with Crippen molar-refractivity contribution in [2.24, 2.45) is 0 Å². The van der Waals surface area contributed by atoms with Gasteiger partial charge in [-0.25, -0.2) is 0 Å². The summed E-state index contributed by atoms with van der Waals surface area (Å²) in [6.07, 6.45) is 1.68. The van der Waals surface area contributed by atoms with E-state index < -0.39 is 0 Å². The van der Waals surface area contributed by atoms with E-state index in [2.05, 4.69) is 16.4 Å². The number of para-hydroxylation sites is 1. The second-order valence-electron chi connectivity index (χ2n) is 5.54. The predicted octanol–water partition coefficient (Wildman–Crippen LogP) is 3.87. The number of hydrogen-bond donors (Lipinski definition) is 1. The second kappa shape index (κ2) is 6.48. The molecule has 1 N–H and O–H groups in total. The molecule has 3 aromatic rings. The number of pyridine rings is 1. The number of nitrogens with one attached hydrogen (secondary N) is 1. The maximum atomic E-state index is 12.1. The Morgan fingerprint density at radius 2 is 1.83 bits per heavy atom. The maximum absolute atomic E-state index is 12.1. The molecule has 0 saturated carbocycles. The number of aromatic nitrogens is 1. The van der Waals surface area contributed by atoms with Crippen LogP contribution >= 0.6 is 0 Å². The van der Waals surface area contributed by atoms with Gasteiger partial charge in [-0.15, -0.1) is 0 Å². The molecule has 116 valence electrons. The molecule has 0 unspecified atom stereocenters.